The lowest BCUT2D eigenvalue weighted by molar-refractivity contribution is 0.594. The zero-order valence-electron chi connectivity index (χ0n) is 12.6. The van der Waals surface area contributed by atoms with E-state index in [1.807, 2.05) is 36.2 Å². The molecule has 8 heteroatoms. The first-order valence-corrected chi connectivity index (χ1v) is 8.50. The van der Waals surface area contributed by atoms with Crippen LogP contribution in [0.1, 0.15) is 37.5 Å². The van der Waals surface area contributed by atoms with Crippen molar-refractivity contribution in [1.82, 2.24) is 19.3 Å². The fourth-order valence-corrected chi connectivity index (χ4v) is 2.70. The highest BCUT2D eigenvalue weighted by Crippen LogP contribution is 2.13. The molecule has 7 nitrogen and oxygen atoms in total. The summed E-state index contributed by atoms with van der Waals surface area (Å²) in [6, 6.07) is 2.02. The van der Waals surface area contributed by atoms with Crippen LogP contribution in [0.15, 0.2) is 17.3 Å². The molecule has 0 aliphatic heterocycles. The van der Waals surface area contributed by atoms with Crippen molar-refractivity contribution in [2.24, 2.45) is 12.2 Å². The molecule has 0 fully saturated rings. The van der Waals surface area contributed by atoms with Crippen LogP contribution < -0.4 is 5.14 Å². The summed E-state index contributed by atoms with van der Waals surface area (Å²) in [6.45, 7) is 4.60. The molecule has 0 amide bonds. The Morgan fingerprint density at radius 1 is 1.33 bits per heavy atom. The van der Waals surface area contributed by atoms with Gasteiger partial charge in [-0.25, -0.2) is 18.5 Å². The van der Waals surface area contributed by atoms with Crippen LogP contribution in [0.3, 0.4) is 0 Å². The summed E-state index contributed by atoms with van der Waals surface area (Å²) >= 11 is 0. The van der Waals surface area contributed by atoms with Crippen LogP contribution in [0, 0.1) is 0 Å². The molecule has 2 aromatic heterocycles. The molecule has 21 heavy (non-hydrogen) atoms. The number of sulfonamides is 1. The maximum Gasteiger partial charge on any atom is 0.257 e. The van der Waals surface area contributed by atoms with Crippen molar-refractivity contribution in [2.75, 3.05) is 0 Å². The number of nitrogens with zero attached hydrogens (tertiary/aromatic N) is 4. The first kappa shape index (κ1) is 15.7. The van der Waals surface area contributed by atoms with Gasteiger partial charge in [0.15, 0.2) is 5.03 Å². The smallest absolute Gasteiger partial charge is 0.257 e. The molecule has 2 heterocycles. The highest BCUT2D eigenvalue weighted by atomic mass is 32.2. The van der Waals surface area contributed by atoms with Crippen LogP contribution >= 0.6 is 0 Å². The third-order valence-corrected chi connectivity index (χ3v) is 4.10. The van der Waals surface area contributed by atoms with E-state index in [1.54, 1.807) is 0 Å². The monoisotopic (exact) mass is 311 g/mol. The molecule has 2 aromatic rings. The molecule has 2 rings (SSSR count). The minimum Gasteiger partial charge on any atom is -0.327 e. The van der Waals surface area contributed by atoms with Gasteiger partial charge in [-0.1, -0.05) is 13.8 Å². The van der Waals surface area contributed by atoms with Crippen LogP contribution in [-0.2, 0) is 36.5 Å². The molecule has 0 saturated carbocycles. The van der Waals surface area contributed by atoms with E-state index in [2.05, 4.69) is 10.1 Å². The fourth-order valence-electron chi connectivity index (χ4n) is 2.19. The van der Waals surface area contributed by atoms with E-state index in [-0.39, 0.29) is 5.03 Å². The molecule has 116 valence electrons. The average Bonchev–Trinajstić information content (AvgIpc) is 2.95. The van der Waals surface area contributed by atoms with Gasteiger partial charge in [0.1, 0.15) is 5.82 Å². The average molecular weight is 311 g/mol. The fraction of sp³-hybridized carbons (Fsp3) is 0.538. The Bertz CT molecular complexity index is 730. The third-order valence-electron chi connectivity index (χ3n) is 3.32. The second-order valence-corrected chi connectivity index (χ2v) is 6.53. The Hall–Kier alpha value is -1.67. The number of imidazole rings is 1. The van der Waals surface area contributed by atoms with Gasteiger partial charge in [0, 0.05) is 19.7 Å². The lowest BCUT2D eigenvalue weighted by atomic mass is 10.3. The third kappa shape index (κ3) is 3.51. The second-order valence-electron chi connectivity index (χ2n) is 5.02. The van der Waals surface area contributed by atoms with Gasteiger partial charge >= 0.3 is 0 Å². The molecule has 0 unspecified atom stereocenters. The van der Waals surface area contributed by atoms with Crippen molar-refractivity contribution in [3.63, 3.8) is 0 Å². The summed E-state index contributed by atoms with van der Waals surface area (Å²) in [7, 11) is -1.90. The lowest BCUT2D eigenvalue weighted by Gasteiger charge is -2.06. The maximum absolute atomic E-state index is 11.5. The van der Waals surface area contributed by atoms with Crippen molar-refractivity contribution < 1.29 is 8.42 Å². The van der Waals surface area contributed by atoms with E-state index in [4.69, 9.17) is 5.14 Å². The molecule has 0 aromatic carbocycles. The number of hydrogen-bond acceptors (Lipinski definition) is 4. The van der Waals surface area contributed by atoms with Gasteiger partial charge in [0.2, 0.25) is 0 Å². The van der Waals surface area contributed by atoms with Crippen LogP contribution in [-0.4, -0.2) is 27.7 Å². The SMILES string of the molecule is CCCc1nc(S(N)(=O)=O)cn1Cc1cc(CC)nn1C. The Morgan fingerprint density at radius 3 is 2.57 bits per heavy atom. The van der Waals surface area contributed by atoms with E-state index in [0.717, 1.165) is 30.1 Å². The van der Waals surface area contributed by atoms with Gasteiger partial charge in [-0.3, -0.25) is 4.68 Å². The van der Waals surface area contributed by atoms with Crippen molar-refractivity contribution in [1.29, 1.82) is 0 Å². The quantitative estimate of drug-likeness (QED) is 0.854. The Morgan fingerprint density at radius 2 is 2.05 bits per heavy atom. The summed E-state index contributed by atoms with van der Waals surface area (Å²) in [5.74, 6) is 0.723. The lowest BCUT2D eigenvalue weighted by Crippen LogP contribution is -2.12. The van der Waals surface area contributed by atoms with Crippen LogP contribution in [0.25, 0.3) is 0 Å². The molecule has 0 bridgehead atoms. The number of primary sulfonamides is 1. The molecule has 0 aliphatic carbocycles. The topological polar surface area (TPSA) is 95.8 Å². The number of rotatable bonds is 6. The zero-order valence-corrected chi connectivity index (χ0v) is 13.4. The molecule has 0 atom stereocenters. The summed E-state index contributed by atoms with van der Waals surface area (Å²) < 4.78 is 26.6. The first-order chi connectivity index (χ1) is 9.85. The minimum atomic E-state index is -3.78. The van der Waals surface area contributed by atoms with Crippen molar-refractivity contribution in [3.05, 3.63) is 29.5 Å². The highest BCUT2D eigenvalue weighted by Gasteiger charge is 2.17. The summed E-state index contributed by atoms with van der Waals surface area (Å²) in [6.07, 6.45) is 3.95. The van der Waals surface area contributed by atoms with Gasteiger partial charge in [-0.2, -0.15) is 5.10 Å². The first-order valence-electron chi connectivity index (χ1n) is 6.95. The number of aryl methyl sites for hydroxylation is 3. The normalized spacial score (nSPS) is 12.0. The van der Waals surface area contributed by atoms with Crippen LogP contribution in [0.2, 0.25) is 0 Å². The standard InChI is InChI=1S/C13H21N5O2S/c1-4-6-12-15-13(21(14,19)20)9-18(12)8-11-7-10(5-2)16-17(11)3/h7,9H,4-6,8H2,1-3H3,(H2,14,19,20). The van der Waals surface area contributed by atoms with E-state index in [9.17, 15) is 8.42 Å². The molecule has 2 N–H and O–H groups in total. The predicted molar refractivity (Wildman–Crippen MR) is 79.3 cm³/mol. The summed E-state index contributed by atoms with van der Waals surface area (Å²) in [5, 5.41) is 9.48. The van der Waals surface area contributed by atoms with Gasteiger partial charge in [0.05, 0.1) is 17.9 Å². The molecule has 0 radical (unpaired) electrons. The van der Waals surface area contributed by atoms with E-state index in [1.165, 1.54) is 6.20 Å². The summed E-state index contributed by atoms with van der Waals surface area (Å²) in [4.78, 5) is 4.14. The highest BCUT2D eigenvalue weighted by molar-refractivity contribution is 7.89. The van der Waals surface area contributed by atoms with Crippen molar-refractivity contribution in [2.45, 2.75) is 44.7 Å². The molecular formula is C13H21N5O2S. The van der Waals surface area contributed by atoms with Crippen LogP contribution in [0.5, 0.6) is 0 Å². The van der Waals surface area contributed by atoms with E-state index in [0.29, 0.717) is 13.0 Å². The van der Waals surface area contributed by atoms with Gasteiger partial charge in [-0.05, 0) is 18.9 Å². The largest absolute Gasteiger partial charge is 0.327 e. The van der Waals surface area contributed by atoms with E-state index >= 15 is 0 Å². The van der Waals surface area contributed by atoms with Crippen LogP contribution in [0.4, 0.5) is 0 Å². The minimum absolute atomic E-state index is 0.0798. The zero-order chi connectivity index (χ0) is 15.6. The molecule has 0 saturated heterocycles. The van der Waals surface area contributed by atoms with Crippen molar-refractivity contribution in [3.8, 4) is 0 Å². The number of aromatic nitrogens is 4. The van der Waals surface area contributed by atoms with Gasteiger partial charge in [0.25, 0.3) is 10.0 Å². The van der Waals surface area contributed by atoms with Gasteiger partial charge < -0.3 is 4.57 Å². The number of nitrogens with two attached hydrogens (primary N) is 1. The Kier molecular flexibility index (Phi) is 4.48. The molecular weight excluding hydrogens is 290 g/mol. The van der Waals surface area contributed by atoms with Gasteiger partial charge in [-0.15, -0.1) is 0 Å². The molecule has 0 aliphatic rings. The van der Waals surface area contributed by atoms with Crippen molar-refractivity contribution >= 4 is 10.0 Å². The Labute approximate surface area is 124 Å². The Balaban J connectivity index is 2.37. The molecule has 0 spiro atoms. The predicted octanol–water partition coefficient (Wildman–Crippen LogP) is 0.827. The number of hydrogen-bond donors (Lipinski definition) is 1. The van der Waals surface area contributed by atoms with E-state index < -0.39 is 10.0 Å². The maximum atomic E-state index is 11.5. The second kappa shape index (κ2) is 5.98. The summed E-state index contributed by atoms with van der Waals surface area (Å²) in [5.41, 5.74) is 2.01.